The van der Waals surface area contributed by atoms with Gasteiger partial charge in [-0.05, 0) is 56.4 Å². The van der Waals surface area contributed by atoms with Gasteiger partial charge in [0.2, 0.25) is 0 Å². The molecule has 2 aromatic rings. The van der Waals surface area contributed by atoms with Gasteiger partial charge in [0.1, 0.15) is 0 Å². The SMILES string of the molecule is CCc1nn(-c2ccc(Cl)cc2)c(CC)c1C(=O)N1CCCCC1. The highest BCUT2D eigenvalue weighted by Crippen LogP contribution is 2.24. The van der Waals surface area contributed by atoms with Crippen LogP contribution in [-0.4, -0.2) is 33.7 Å². The molecular weight excluding hydrogens is 322 g/mol. The number of halogens is 1. The number of aryl methyl sites for hydroxylation is 1. The summed E-state index contributed by atoms with van der Waals surface area (Å²) >= 11 is 6.00. The Morgan fingerprint density at radius 1 is 1.08 bits per heavy atom. The van der Waals surface area contributed by atoms with Crippen LogP contribution in [0.4, 0.5) is 0 Å². The first-order chi connectivity index (χ1) is 11.7. The molecule has 1 aliphatic rings. The smallest absolute Gasteiger partial charge is 0.257 e. The topological polar surface area (TPSA) is 38.1 Å². The molecule has 0 spiro atoms. The second-order valence-corrected chi connectivity index (χ2v) is 6.65. The van der Waals surface area contributed by atoms with Crippen LogP contribution in [0.3, 0.4) is 0 Å². The molecule has 0 atom stereocenters. The van der Waals surface area contributed by atoms with Gasteiger partial charge in [-0.15, -0.1) is 0 Å². The van der Waals surface area contributed by atoms with E-state index in [0.717, 1.165) is 61.4 Å². The van der Waals surface area contributed by atoms with Crippen molar-refractivity contribution in [1.29, 1.82) is 0 Å². The summed E-state index contributed by atoms with van der Waals surface area (Å²) in [7, 11) is 0. The number of amides is 1. The fraction of sp³-hybridized carbons (Fsp3) is 0.474. The van der Waals surface area contributed by atoms with Crippen LogP contribution < -0.4 is 0 Å². The van der Waals surface area contributed by atoms with Crippen LogP contribution in [0.1, 0.15) is 54.9 Å². The number of carbonyl (C=O) groups is 1. The number of likely N-dealkylation sites (tertiary alicyclic amines) is 1. The third-order valence-electron chi connectivity index (χ3n) is 4.65. The predicted octanol–water partition coefficient (Wildman–Crippen LogP) is 4.28. The summed E-state index contributed by atoms with van der Waals surface area (Å²) in [5.74, 6) is 0.142. The third kappa shape index (κ3) is 3.20. The number of hydrogen-bond donors (Lipinski definition) is 0. The molecule has 3 rings (SSSR count). The van der Waals surface area contributed by atoms with E-state index in [1.165, 1.54) is 6.42 Å². The van der Waals surface area contributed by atoms with Gasteiger partial charge in [-0.25, -0.2) is 4.68 Å². The number of rotatable bonds is 4. The van der Waals surface area contributed by atoms with Crippen LogP contribution in [0.5, 0.6) is 0 Å². The van der Waals surface area contributed by atoms with Crippen LogP contribution in [-0.2, 0) is 12.8 Å². The predicted molar refractivity (Wildman–Crippen MR) is 97.1 cm³/mol. The van der Waals surface area contributed by atoms with Gasteiger partial charge in [-0.1, -0.05) is 25.4 Å². The third-order valence-corrected chi connectivity index (χ3v) is 4.90. The maximum atomic E-state index is 13.1. The molecule has 24 heavy (non-hydrogen) atoms. The monoisotopic (exact) mass is 345 g/mol. The second kappa shape index (κ2) is 7.39. The number of benzene rings is 1. The van der Waals surface area contributed by atoms with Crippen molar-refractivity contribution in [2.24, 2.45) is 0 Å². The minimum atomic E-state index is 0.142. The summed E-state index contributed by atoms with van der Waals surface area (Å²) < 4.78 is 1.91. The van der Waals surface area contributed by atoms with Gasteiger partial charge in [-0.3, -0.25) is 4.79 Å². The standard InChI is InChI=1S/C19H24ClN3O/c1-3-16-18(19(24)22-12-6-5-7-13-22)17(4-2)23(21-16)15-10-8-14(20)9-11-15/h8-11H,3-7,12-13H2,1-2H3. The summed E-state index contributed by atoms with van der Waals surface area (Å²) in [5, 5.41) is 5.44. The average molecular weight is 346 g/mol. The first-order valence-electron chi connectivity index (χ1n) is 8.81. The van der Waals surface area contributed by atoms with E-state index in [1.807, 2.05) is 33.8 Å². The number of hydrogen-bond acceptors (Lipinski definition) is 2. The number of piperidine rings is 1. The Labute approximate surface area is 148 Å². The van der Waals surface area contributed by atoms with E-state index in [-0.39, 0.29) is 5.91 Å². The Kier molecular flexibility index (Phi) is 5.24. The molecule has 1 fully saturated rings. The molecule has 0 N–H and O–H groups in total. The molecule has 1 aliphatic heterocycles. The van der Waals surface area contributed by atoms with E-state index in [4.69, 9.17) is 16.7 Å². The highest BCUT2D eigenvalue weighted by molar-refractivity contribution is 6.30. The van der Waals surface area contributed by atoms with Crippen molar-refractivity contribution in [1.82, 2.24) is 14.7 Å². The molecule has 2 heterocycles. The molecule has 1 aromatic carbocycles. The summed E-state index contributed by atoms with van der Waals surface area (Å²) in [6.07, 6.45) is 4.93. The van der Waals surface area contributed by atoms with Gasteiger partial charge in [0.05, 0.1) is 22.6 Å². The molecule has 128 valence electrons. The fourth-order valence-corrected chi connectivity index (χ4v) is 3.50. The average Bonchev–Trinajstić information content (AvgIpc) is 3.01. The van der Waals surface area contributed by atoms with E-state index in [9.17, 15) is 4.79 Å². The Bertz CT molecular complexity index is 715. The minimum Gasteiger partial charge on any atom is -0.339 e. The maximum absolute atomic E-state index is 13.1. The lowest BCUT2D eigenvalue weighted by Gasteiger charge is -2.27. The summed E-state index contributed by atoms with van der Waals surface area (Å²) in [6, 6.07) is 7.61. The molecule has 0 radical (unpaired) electrons. The molecule has 0 aliphatic carbocycles. The first kappa shape index (κ1) is 17.0. The Morgan fingerprint density at radius 3 is 2.33 bits per heavy atom. The summed E-state index contributed by atoms with van der Waals surface area (Å²) in [6.45, 7) is 5.85. The second-order valence-electron chi connectivity index (χ2n) is 6.22. The molecular formula is C19H24ClN3O. The van der Waals surface area contributed by atoms with Crippen LogP contribution in [0.25, 0.3) is 5.69 Å². The molecule has 1 aromatic heterocycles. The quantitative estimate of drug-likeness (QED) is 0.829. The molecule has 0 bridgehead atoms. The van der Waals surface area contributed by atoms with Gasteiger partial charge in [-0.2, -0.15) is 5.10 Å². The van der Waals surface area contributed by atoms with Crippen LogP contribution in [0, 0.1) is 0 Å². The Hall–Kier alpha value is -1.81. The molecule has 0 saturated carbocycles. The molecule has 1 amide bonds. The zero-order valence-corrected chi connectivity index (χ0v) is 15.1. The first-order valence-corrected chi connectivity index (χ1v) is 9.19. The van der Waals surface area contributed by atoms with Gasteiger partial charge in [0, 0.05) is 18.1 Å². The molecule has 1 saturated heterocycles. The highest BCUT2D eigenvalue weighted by Gasteiger charge is 2.27. The van der Waals surface area contributed by atoms with E-state index < -0.39 is 0 Å². The number of aromatic nitrogens is 2. The van der Waals surface area contributed by atoms with E-state index >= 15 is 0 Å². The van der Waals surface area contributed by atoms with Crippen LogP contribution in [0.15, 0.2) is 24.3 Å². The van der Waals surface area contributed by atoms with Gasteiger partial charge in [0.25, 0.3) is 5.91 Å². The molecule has 4 nitrogen and oxygen atoms in total. The number of carbonyl (C=O) groups excluding carboxylic acids is 1. The van der Waals surface area contributed by atoms with Crippen molar-refractivity contribution in [3.63, 3.8) is 0 Å². The minimum absolute atomic E-state index is 0.142. The zero-order valence-electron chi connectivity index (χ0n) is 14.4. The highest BCUT2D eigenvalue weighted by atomic mass is 35.5. The van der Waals surface area contributed by atoms with Crippen LogP contribution >= 0.6 is 11.6 Å². The Balaban J connectivity index is 2.04. The van der Waals surface area contributed by atoms with E-state index in [1.54, 1.807) is 0 Å². The zero-order chi connectivity index (χ0) is 17.1. The van der Waals surface area contributed by atoms with Crippen molar-refractivity contribution >= 4 is 17.5 Å². The summed E-state index contributed by atoms with van der Waals surface area (Å²) in [5.41, 5.74) is 3.63. The van der Waals surface area contributed by atoms with Gasteiger partial charge < -0.3 is 4.90 Å². The van der Waals surface area contributed by atoms with Crippen molar-refractivity contribution in [2.75, 3.05) is 13.1 Å². The lowest BCUT2D eigenvalue weighted by atomic mass is 10.0. The fourth-order valence-electron chi connectivity index (χ4n) is 3.38. The Morgan fingerprint density at radius 2 is 1.75 bits per heavy atom. The molecule has 5 heteroatoms. The van der Waals surface area contributed by atoms with Gasteiger partial charge in [0.15, 0.2) is 0 Å². The lowest BCUT2D eigenvalue weighted by molar-refractivity contribution is 0.0722. The van der Waals surface area contributed by atoms with Crippen molar-refractivity contribution < 1.29 is 4.79 Å². The summed E-state index contributed by atoms with van der Waals surface area (Å²) in [4.78, 5) is 15.1. The lowest BCUT2D eigenvalue weighted by Crippen LogP contribution is -2.36. The van der Waals surface area contributed by atoms with Gasteiger partial charge >= 0.3 is 0 Å². The van der Waals surface area contributed by atoms with E-state index in [2.05, 4.69) is 13.8 Å². The normalized spacial score (nSPS) is 14.9. The van der Waals surface area contributed by atoms with E-state index in [0.29, 0.717) is 5.02 Å². The van der Waals surface area contributed by atoms with Crippen LogP contribution in [0.2, 0.25) is 5.02 Å². The van der Waals surface area contributed by atoms with Crippen molar-refractivity contribution in [3.8, 4) is 5.69 Å². The largest absolute Gasteiger partial charge is 0.339 e. The molecule has 0 unspecified atom stereocenters. The number of nitrogens with zero attached hydrogens (tertiary/aromatic N) is 3. The maximum Gasteiger partial charge on any atom is 0.257 e. The van der Waals surface area contributed by atoms with Crippen molar-refractivity contribution in [2.45, 2.75) is 46.0 Å². The van der Waals surface area contributed by atoms with Crippen molar-refractivity contribution in [3.05, 3.63) is 46.2 Å².